The summed E-state index contributed by atoms with van der Waals surface area (Å²) >= 11 is 0. The van der Waals surface area contributed by atoms with Crippen LogP contribution in [0.4, 0.5) is 4.39 Å². The fraction of sp³-hybridized carbons (Fsp3) is 0.500. The van der Waals surface area contributed by atoms with Gasteiger partial charge >= 0.3 is 0 Å². The van der Waals surface area contributed by atoms with Gasteiger partial charge < -0.3 is 10.2 Å². The number of likely N-dealkylation sites (N-methyl/N-ethyl adjacent to an activating group) is 1. The molecule has 1 atom stereocenters. The molecule has 0 radical (unpaired) electrons. The van der Waals surface area contributed by atoms with Gasteiger partial charge in [0, 0.05) is 24.8 Å². The number of halogens is 2. The predicted octanol–water partition coefficient (Wildman–Crippen LogP) is 3.56. The second-order valence-corrected chi connectivity index (χ2v) is 7.00. The molecule has 0 aliphatic carbocycles. The van der Waals surface area contributed by atoms with Gasteiger partial charge in [0.25, 0.3) is 0 Å². The number of nitrogens with one attached hydrogen (secondary N) is 2. The predicted molar refractivity (Wildman–Crippen MR) is 107 cm³/mol. The molecule has 2 aromatic rings. The van der Waals surface area contributed by atoms with E-state index in [1.807, 2.05) is 18.0 Å². The third-order valence-electron chi connectivity index (χ3n) is 4.95. The Hall–Kier alpha value is -1.92. The number of nitrogens with zero attached hydrogens (tertiary/aromatic N) is 2. The number of unbranched alkanes of at least 4 members (excludes halogenated alkanes) is 2. The molecule has 1 fully saturated rings. The van der Waals surface area contributed by atoms with E-state index >= 15 is 0 Å². The molecular formula is C20H28ClFN4O. The minimum atomic E-state index is -0.239. The Bertz CT molecular complexity index is 713. The van der Waals surface area contributed by atoms with E-state index in [0.717, 1.165) is 68.6 Å². The maximum absolute atomic E-state index is 13.0. The van der Waals surface area contributed by atoms with Gasteiger partial charge in [0.2, 0.25) is 5.91 Å². The van der Waals surface area contributed by atoms with Gasteiger partial charge in [0.15, 0.2) is 0 Å². The summed E-state index contributed by atoms with van der Waals surface area (Å²) in [6.07, 6.45) is 6.10. The summed E-state index contributed by atoms with van der Waals surface area (Å²) in [4.78, 5) is 14.1. The number of aryl methyl sites for hydroxylation is 1. The number of hydrogen-bond donors (Lipinski definition) is 2. The summed E-state index contributed by atoms with van der Waals surface area (Å²) in [5.74, 6) is -0.0170. The van der Waals surface area contributed by atoms with Crippen LogP contribution in [0.1, 0.15) is 37.8 Å². The third kappa shape index (κ3) is 6.04. The average molecular weight is 395 g/mol. The van der Waals surface area contributed by atoms with E-state index in [1.165, 1.54) is 12.1 Å². The molecule has 1 aromatic heterocycles. The quantitative estimate of drug-likeness (QED) is 0.673. The molecule has 148 valence electrons. The minimum absolute atomic E-state index is 0. The van der Waals surface area contributed by atoms with Crippen molar-refractivity contribution in [3.05, 3.63) is 41.8 Å². The first-order valence-electron chi connectivity index (χ1n) is 9.42. The number of H-pyrrole nitrogens is 1. The number of aromatic amines is 1. The number of aromatic nitrogens is 2. The van der Waals surface area contributed by atoms with E-state index < -0.39 is 0 Å². The van der Waals surface area contributed by atoms with E-state index in [0.29, 0.717) is 0 Å². The Kier molecular flexibility index (Phi) is 8.25. The first kappa shape index (κ1) is 21.4. The second-order valence-electron chi connectivity index (χ2n) is 7.00. The number of rotatable bonds is 8. The lowest BCUT2D eigenvalue weighted by Gasteiger charge is -2.21. The van der Waals surface area contributed by atoms with Gasteiger partial charge in [-0.3, -0.25) is 9.89 Å². The lowest BCUT2D eigenvalue weighted by molar-refractivity contribution is -0.131. The summed E-state index contributed by atoms with van der Waals surface area (Å²) in [5.41, 5.74) is 2.84. The lowest BCUT2D eigenvalue weighted by Crippen LogP contribution is -2.41. The Morgan fingerprint density at radius 3 is 2.74 bits per heavy atom. The highest BCUT2D eigenvalue weighted by Gasteiger charge is 2.24. The number of hydrogen-bond acceptors (Lipinski definition) is 3. The van der Waals surface area contributed by atoms with Crippen LogP contribution in [-0.4, -0.2) is 47.2 Å². The van der Waals surface area contributed by atoms with Crippen molar-refractivity contribution in [2.45, 2.75) is 44.6 Å². The van der Waals surface area contributed by atoms with Gasteiger partial charge in [-0.2, -0.15) is 5.10 Å². The van der Waals surface area contributed by atoms with Crippen LogP contribution in [0.2, 0.25) is 0 Å². The zero-order chi connectivity index (χ0) is 18.4. The average Bonchev–Trinajstić information content (AvgIpc) is 3.33. The van der Waals surface area contributed by atoms with Crippen molar-refractivity contribution in [2.24, 2.45) is 0 Å². The number of carbonyl (C=O) groups excluding carboxylic acids is 1. The van der Waals surface area contributed by atoms with E-state index in [-0.39, 0.29) is 30.2 Å². The molecule has 2 N–H and O–H groups in total. The normalized spacial score (nSPS) is 16.1. The van der Waals surface area contributed by atoms with Crippen molar-refractivity contribution in [3.8, 4) is 11.3 Å². The first-order chi connectivity index (χ1) is 12.6. The maximum atomic E-state index is 13.0. The fourth-order valence-electron chi connectivity index (χ4n) is 3.37. The fourth-order valence-corrected chi connectivity index (χ4v) is 3.37. The van der Waals surface area contributed by atoms with Crippen LogP contribution in [-0.2, 0) is 11.2 Å². The molecule has 1 amide bonds. The van der Waals surface area contributed by atoms with Crippen LogP contribution in [0.15, 0.2) is 30.3 Å². The second kappa shape index (κ2) is 10.4. The van der Waals surface area contributed by atoms with Crippen molar-refractivity contribution in [3.63, 3.8) is 0 Å². The molecule has 3 rings (SSSR count). The summed E-state index contributed by atoms with van der Waals surface area (Å²) in [6, 6.07) is 8.41. The van der Waals surface area contributed by atoms with Crippen LogP contribution in [0, 0.1) is 5.82 Å². The van der Waals surface area contributed by atoms with E-state index in [1.54, 1.807) is 12.1 Å². The van der Waals surface area contributed by atoms with Crippen LogP contribution in [0.25, 0.3) is 11.3 Å². The highest BCUT2D eigenvalue weighted by atomic mass is 35.5. The maximum Gasteiger partial charge on any atom is 0.239 e. The zero-order valence-electron chi connectivity index (χ0n) is 15.7. The molecule has 1 aliphatic heterocycles. The molecule has 0 saturated carbocycles. The molecule has 5 nitrogen and oxygen atoms in total. The number of amides is 1. The van der Waals surface area contributed by atoms with Crippen molar-refractivity contribution >= 4 is 18.3 Å². The Balaban J connectivity index is 0.00000261. The molecule has 7 heteroatoms. The van der Waals surface area contributed by atoms with Crippen molar-refractivity contribution < 1.29 is 9.18 Å². The van der Waals surface area contributed by atoms with Gasteiger partial charge in [-0.15, -0.1) is 12.4 Å². The van der Waals surface area contributed by atoms with E-state index in [4.69, 9.17) is 0 Å². The topological polar surface area (TPSA) is 61.0 Å². The summed E-state index contributed by atoms with van der Waals surface area (Å²) in [7, 11) is 1.90. The first-order valence-corrected chi connectivity index (χ1v) is 9.42. The molecule has 1 unspecified atom stereocenters. The van der Waals surface area contributed by atoms with Gasteiger partial charge in [0.05, 0.1) is 11.7 Å². The van der Waals surface area contributed by atoms with Gasteiger partial charge in [-0.05, 0) is 69.0 Å². The van der Waals surface area contributed by atoms with Gasteiger partial charge in [-0.1, -0.05) is 6.42 Å². The summed E-state index contributed by atoms with van der Waals surface area (Å²) in [5, 5.41) is 10.6. The number of carbonyl (C=O) groups is 1. The molecule has 0 spiro atoms. The minimum Gasteiger partial charge on any atom is -0.344 e. The van der Waals surface area contributed by atoms with Crippen LogP contribution in [0.3, 0.4) is 0 Å². The molecule has 0 bridgehead atoms. The van der Waals surface area contributed by atoms with Gasteiger partial charge in [0.1, 0.15) is 5.82 Å². The highest BCUT2D eigenvalue weighted by Crippen LogP contribution is 2.19. The summed E-state index contributed by atoms with van der Waals surface area (Å²) < 4.78 is 13.0. The Labute approximate surface area is 166 Å². The summed E-state index contributed by atoms with van der Waals surface area (Å²) in [6.45, 7) is 1.76. The van der Waals surface area contributed by atoms with Crippen LogP contribution in [0.5, 0.6) is 0 Å². The largest absolute Gasteiger partial charge is 0.344 e. The Morgan fingerprint density at radius 1 is 1.26 bits per heavy atom. The highest BCUT2D eigenvalue weighted by molar-refractivity contribution is 5.85. The van der Waals surface area contributed by atoms with Crippen LogP contribution < -0.4 is 5.32 Å². The molecule has 2 heterocycles. The SMILES string of the molecule is CN(CCCCCc1cc(-c2ccc(F)cc2)n[nH]1)C(=O)C1CCCN1.Cl. The van der Waals surface area contributed by atoms with Crippen molar-refractivity contribution in [1.82, 2.24) is 20.4 Å². The van der Waals surface area contributed by atoms with E-state index in [2.05, 4.69) is 15.5 Å². The monoisotopic (exact) mass is 394 g/mol. The standard InChI is InChI=1S/C20H27FN4O.ClH/c1-25(20(26)18-7-5-12-22-18)13-4-2-3-6-17-14-19(24-23-17)15-8-10-16(21)11-9-15;/h8-11,14,18,22H,2-7,12-13H2,1H3,(H,23,24);1H. The molecule has 1 aliphatic rings. The zero-order valence-corrected chi connectivity index (χ0v) is 16.5. The lowest BCUT2D eigenvalue weighted by atomic mass is 10.1. The smallest absolute Gasteiger partial charge is 0.239 e. The van der Waals surface area contributed by atoms with Crippen LogP contribution >= 0.6 is 12.4 Å². The Morgan fingerprint density at radius 2 is 2.04 bits per heavy atom. The van der Waals surface area contributed by atoms with E-state index in [9.17, 15) is 9.18 Å². The molecule has 27 heavy (non-hydrogen) atoms. The number of benzene rings is 1. The van der Waals surface area contributed by atoms with Gasteiger partial charge in [-0.25, -0.2) is 4.39 Å². The third-order valence-corrected chi connectivity index (χ3v) is 4.95. The van der Waals surface area contributed by atoms with Crippen molar-refractivity contribution in [2.75, 3.05) is 20.1 Å². The molecule has 1 aromatic carbocycles. The van der Waals surface area contributed by atoms with Crippen molar-refractivity contribution in [1.29, 1.82) is 0 Å². The molecular weight excluding hydrogens is 367 g/mol. The molecule has 1 saturated heterocycles.